The van der Waals surface area contributed by atoms with Crippen LogP contribution in [0.1, 0.15) is 74.4 Å². The predicted octanol–water partition coefficient (Wildman–Crippen LogP) is 6.33. The molecular weight excluding hydrogens is 488 g/mol. The minimum atomic E-state index is -0.134. The van der Waals surface area contributed by atoms with Gasteiger partial charge in [0.25, 0.3) is 5.91 Å². The number of nitrogens with zero attached hydrogens (tertiary/aromatic N) is 3. The van der Waals surface area contributed by atoms with Gasteiger partial charge in [-0.1, -0.05) is 31.4 Å². The molecule has 4 rings (SSSR count). The van der Waals surface area contributed by atoms with Crippen molar-refractivity contribution in [2.24, 2.45) is 0 Å². The van der Waals surface area contributed by atoms with Gasteiger partial charge in [-0.3, -0.25) is 19.5 Å². The molecule has 2 aromatic carbocycles. The molecule has 7 heteroatoms. The number of anilines is 1. The standard InChI is InChI=1S/C32H40N4O3/c1-24(2)35-18-7-5-4-6-8-19-36(25(3)37)31-16-13-27(20-28(31)23-35)32(38)34-21-26-11-14-29(15-12-26)39-30-10-9-17-33-22-30/h9-17,20,22,24H,4-8,18-19,21,23H2,1-3H3,(H,34,38). The second-order valence-electron chi connectivity index (χ2n) is 10.5. The van der Waals surface area contributed by atoms with Gasteiger partial charge in [0.2, 0.25) is 5.91 Å². The minimum Gasteiger partial charge on any atom is -0.456 e. The van der Waals surface area contributed by atoms with Crippen LogP contribution in [0.2, 0.25) is 0 Å². The van der Waals surface area contributed by atoms with Crippen molar-refractivity contribution in [3.05, 3.63) is 83.7 Å². The molecule has 7 nitrogen and oxygen atoms in total. The number of aromatic nitrogens is 1. The largest absolute Gasteiger partial charge is 0.456 e. The van der Waals surface area contributed by atoms with Crippen LogP contribution in [0.25, 0.3) is 0 Å². The van der Waals surface area contributed by atoms with Crippen molar-refractivity contribution in [1.29, 1.82) is 0 Å². The number of fused-ring (bicyclic) bond motifs is 1. The van der Waals surface area contributed by atoms with E-state index in [1.54, 1.807) is 19.3 Å². The van der Waals surface area contributed by atoms with Gasteiger partial charge in [0.05, 0.1) is 6.20 Å². The van der Waals surface area contributed by atoms with E-state index in [9.17, 15) is 9.59 Å². The van der Waals surface area contributed by atoms with E-state index in [2.05, 4.69) is 29.0 Å². The van der Waals surface area contributed by atoms with Gasteiger partial charge < -0.3 is 15.0 Å². The number of carbonyl (C=O) groups excluding carboxylic acids is 2. The predicted molar refractivity (Wildman–Crippen MR) is 155 cm³/mol. The number of hydrogen-bond acceptors (Lipinski definition) is 5. The zero-order valence-electron chi connectivity index (χ0n) is 23.4. The molecule has 3 aromatic rings. The van der Waals surface area contributed by atoms with Crippen LogP contribution < -0.4 is 15.0 Å². The summed E-state index contributed by atoms with van der Waals surface area (Å²) in [5.41, 5.74) is 3.50. The molecule has 39 heavy (non-hydrogen) atoms. The minimum absolute atomic E-state index is 0.0394. The Kier molecular flexibility index (Phi) is 10.1. The zero-order valence-corrected chi connectivity index (χ0v) is 23.4. The monoisotopic (exact) mass is 528 g/mol. The van der Waals surface area contributed by atoms with Crippen molar-refractivity contribution < 1.29 is 14.3 Å². The van der Waals surface area contributed by atoms with Gasteiger partial charge in [0.1, 0.15) is 11.5 Å². The van der Waals surface area contributed by atoms with Crippen LogP contribution in [-0.2, 0) is 17.9 Å². The van der Waals surface area contributed by atoms with E-state index in [-0.39, 0.29) is 11.8 Å². The summed E-state index contributed by atoms with van der Waals surface area (Å²) in [5, 5.41) is 3.04. The number of rotatable bonds is 6. The third kappa shape index (κ3) is 8.14. The smallest absolute Gasteiger partial charge is 0.251 e. The molecule has 0 atom stereocenters. The van der Waals surface area contributed by atoms with Crippen LogP contribution in [0, 0.1) is 0 Å². The van der Waals surface area contributed by atoms with Gasteiger partial charge in [-0.2, -0.15) is 0 Å². The number of benzene rings is 2. The number of carbonyl (C=O) groups is 2. The summed E-state index contributed by atoms with van der Waals surface area (Å²) in [4.78, 5) is 34.2. The number of nitrogens with one attached hydrogen (secondary N) is 1. The highest BCUT2D eigenvalue weighted by atomic mass is 16.5. The second-order valence-corrected chi connectivity index (χ2v) is 10.5. The lowest BCUT2D eigenvalue weighted by Gasteiger charge is -2.31. The normalized spacial score (nSPS) is 15.1. The number of hydrogen-bond donors (Lipinski definition) is 1. The number of amides is 2. The third-order valence-electron chi connectivity index (χ3n) is 7.19. The zero-order chi connectivity index (χ0) is 27.6. The van der Waals surface area contributed by atoms with Crippen LogP contribution in [-0.4, -0.2) is 40.8 Å². The first kappa shape index (κ1) is 28.3. The molecule has 0 saturated heterocycles. The van der Waals surface area contributed by atoms with Gasteiger partial charge in [-0.15, -0.1) is 0 Å². The molecular formula is C32H40N4O3. The van der Waals surface area contributed by atoms with E-state index in [0.29, 0.717) is 42.7 Å². The van der Waals surface area contributed by atoms with E-state index in [0.717, 1.165) is 42.6 Å². The summed E-state index contributed by atoms with van der Waals surface area (Å²) in [6.07, 6.45) is 9.04. The van der Waals surface area contributed by atoms with E-state index < -0.39 is 0 Å². The summed E-state index contributed by atoms with van der Waals surface area (Å²) in [6, 6.07) is 17.4. The Morgan fingerprint density at radius 2 is 1.69 bits per heavy atom. The van der Waals surface area contributed by atoms with Crippen LogP contribution in [0.4, 0.5) is 5.69 Å². The Hall–Kier alpha value is -3.71. The van der Waals surface area contributed by atoms with E-state index in [1.807, 2.05) is 59.5 Å². The highest BCUT2D eigenvalue weighted by Crippen LogP contribution is 2.27. The molecule has 1 aliphatic rings. The average molecular weight is 529 g/mol. The first-order valence-electron chi connectivity index (χ1n) is 14.0. The molecule has 0 aliphatic carbocycles. The maximum Gasteiger partial charge on any atom is 0.251 e. The Morgan fingerprint density at radius 3 is 2.38 bits per heavy atom. The lowest BCUT2D eigenvalue weighted by molar-refractivity contribution is -0.116. The topological polar surface area (TPSA) is 74.8 Å². The molecule has 0 saturated carbocycles. The van der Waals surface area contributed by atoms with Crippen molar-refractivity contribution in [2.45, 2.75) is 72.0 Å². The van der Waals surface area contributed by atoms with Gasteiger partial charge in [0, 0.05) is 50.0 Å². The lowest BCUT2D eigenvalue weighted by atomic mass is 10.0. The fourth-order valence-electron chi connectivity index (χ4n) is 4.92. The summed E-state index contributed by atoms with van der Waals surface area (Å²) in [6.45, 7) is 8.86. The Balaban J connectivity index is 1.48. The van der Waals surface area contributed by atoms with Gasteiger partial charge in [-0.05, 0) is 86.8 Å². The fourth-order valence-corrected chi connectivity index (χ4v) is 4.92. The van der Waals surface area contributed by atoms with E-state index in [1.165, 1.54) is 12.8 Å². The van der Waals surface area contributed by atoms with E-state index >= 15 is 0 Å². The first-order valence-corrected chi connectivity index (χ1v) is 14.0. The highest BCUT2D eigenvalue weighted by Gasteiger charge is 2.21. The van der Waals surface area contributed by atoms with Crippen LogP contribution >= 0.6 is 0 Å². The quantitative estimate of drug-likeness (QED) is 0.405. The van der Waals surface area contributed by atoms with Crippen molar-refractivity contribution in [2.75, 3.05) is 18.0 Å². The summed E-state index contributed by atoms with van der Waals surface area (Å²) < 4.78 is 5.80. The molecule has 206 valence electrons. The molecule has 0 radical (unpaired) electrons. The van der Waals surface area contributed by atoms with Crippen LogP contribution in [0.3, 0.4) is 0 Å². The molecule has 0 bridgehead atoms. The summed E-state index contributed by atoms with van der Waals surface area (Å²) >= 11 is 0. The molecule has 1 aliphatic heterocycles. The van der Waals surface area contributed by atoms with Crippen molar-refractivity contribution in [3.8, 4) is 11.5 Å². The maximum atomic E-state index is 13.2. The molecule has 2 amide bonds. The number of pyridine rings is 1. The van der Waals surface area contributed by atoms with Crippen molar-refractivity contribution >= 4 is 17.5 Å². The second kappa shape index (κ2) is 13.9. The van der Waals surface area contributed by atoms with Crippen LogP contribution in [0.15, 0.2) is 67.0 Å². The lowest BCUT2D eigenvalue weighted by Crippen LogP contribution is -2.35. The van der Waals surface area contributed by atoms with Gasteiger partial charge >= 0.3 is 0 Å². The van der Waals surface area contributed by atoms with Crippen LogP contribution in [0.5, 0.6) is 11.5 Å². The SMILES string of the molecule is CC(=O)N1CCCCCCCN(C(C)C)Cc2cc(C(=O)NCc3ccc(Oc4cccnc4)cc3)ccc21. The third-order valence-corrected chi connectivity index (χ3v) is 7.19. The van der Waals surface area contributed by atoms with Crippen molar-refractivity contribution in [3.63, 3.8) is 0 Å². The fraction of sp³-hybridized carbons (Fsp3) is 0.406. The van der Waals surface area contributed by atoms with Gasteiger partial charge in [-0.25, -0.2) is 0 Å². The number of ether oxygens (including phenoxy) is 1. The molecule has 0 spiro atoms. The molecule has 1 aromatic heterocycles. The Labute approximate surface area is 232 Å². The first-order chi connectivity index (χ1) is 18.9. The van der Waals surface area contributed by atoms with Gasteiger partial charge in [0.15, 0.2) is 0 Å². The highest BCUT2D eigenvalue weighted by molar-refractivity contribution is 5.97. The molecule has 0 fully saturated rings. The Bertz CT molecular complexity index is 1230. The summed E-state index contributed by atoms with van der Waals surface area (Å²) in [7, 11) is 0. The molecule has 0 unspecified atom stereocenters. The molecule has 2 heterocycles. The maximum absolute atomic E-state index is 13.2. The van der Waals surface area contributed by atoms with E-state index in [4.69, 9.17) is 4.74 Å². The van der Waals surface area contributed by atoms with Crippen molar-refractivity contribution in [1.82, 2.24) is 15.2 Å². The Morgan fingerprint density at radius 1 is 0.949 bits per heavy atom. The summed E-state index contributed by atoms with van der Waals surface area (Å²) in [5.74, 6) is 1.29. The molecule has 1 N–H and O–H groups in total. The average Bonchev–Trinajstić information content (AvgIpc) is 2.93.